The smallest absolute Gasteiger partial charge is 0.0634 e. The highest BCUT2D eigenvalue weighted by Crippen LogP contribution is 2.15. The molecule has 0 aliphatic heterocycles. The first-order chi connectivity index (χ1) is 7.77. The van der Waals surface area contributed by atoms with E-state index >= 15 is 0 Å². The van der Waals surface area contributed by atoms with Gasteiger partial charge in [0.2, 0.25) is 0 Å². The number of aromatic nitrogens is 2. The first-order valence-corrected chi connectivity index (χ1v) is 5.34. The molecule has 1 aromatic carbocycles. The summed E-state index contributed by atoms with van der Waals surface area (Å²) in [5, 5.41) is 0. The van der Waals surface area contributed by atoms with Crippen molar-refractivity contribution >= 4 is 0 Å². The van der Waals surface area contributed by atoms with Gasteiger partial charge in [0.15, 0.2) is 0 Å². The Kier molecular flexibility index (Phi) is 3.27. The van der Waals surface area contributed by atoms with E-state index < -0.39 is 0 Å². The summed E-state index contributed by atoms with van der Waals surface area (Å²) < 4.78 is 0. The Morgan fingerprint density at radius 2 is 1.81 bits per heavy atom. The fourth-order valence-corrected chi connectivity index (χ4v) is 1.66. The summed E-state index contributed by atoms with van der Waals surface area (Å²) in [7, 11) is 0. The van der Waals surface area contributed by atoms with Crippen LogP contribution in [0, 0.1) is 6.92 Å². The highest BCUT2D eigenvalue weighted by atomic mass is 14.8. The average Bonchev–Trinajstić information content (AvgIpc) is 2.33. The fourth-order valence-electron chi connectivity index (χ4n) is 1.66. The van der Waals surface area contributed by atoms with Crippen molar-refractivity contribution in [1.82, 2.24) is 9.97 Å². The van der Waals surface area contributed by atoms with Crippen LogP contribution in [-0.4, -0.2) is 9.97 Å². The fraction of sp³-hybridized carbons (Fsp3) is 0.231. The van der Waals surface area contributed by atoms with E-state index in [0.717, 1.165) is 23.4 Å². The maximum Gasteiger partial charge on any atom is 0.0634 e. The van der Waals surface area contributed by atoms with Gasteiger partial charge in [-0.05, 0) is 12.5 Å². The van der Waals surface area contributed by atoms with Crippen LogP contribution in [0.1, 0.15) is 23.0 Å². The van der Waals surface area contributed by atoms with Gasteiger partial charge < -0.3 is 5.73 Å². The minimum Gasteiger partial charge on any atom is -0.324 e. The lowest BCUT2D eigenvalue weighted by molar-refractivity contribution is 0.697. The standard InChI is InChI=1S/C13H15N3/c1-10-13(16-8-7-15-10)9-12(14)11-5-3-2-4-6-11/h2-8,12H,9,14H2,1H3. The van der Waals surface area contributed by atoms with Crippen LogP contribution < -0.4 is 5.73 Å². The van der Waals surface area contributed by atoms with Crippen molar-refractivity contribution in [2.75, 3.05) is 0 Å². The molecule has 82 valence electrons. The second kappa shape index (κ2) is 4.86. The Labute approximate surface area is 95.4 Å². The zero-order valence-corrected chi connectivity index (χ0v) is 9.30. The third-order valence-electron chi connectivity index (χ3n) is 2.62. The van der Waals surface area contributed by atoms with Gasteiger partial charge in [-0.3, -0.25) is 9.97 Å². The van der Waals surface area contributed by atoms with E-state index in [1.165, 1.54) is 0 Å². The lowest BCUT2D eigenvalue weighted by Crippen LogP contribution is -2.15. The minimum atomic E-state index is -0.0170. The van der Waals surface area contributed by atoms with Crippen molar-refractivity contribution in [3.63, 3.8) is 0 Å². The molecule has 0 saturated carbocycles. The van der Waals surface area contributed by atoms with Gasteiger partial charge in [-0.25, -0.2) is 0 Å². The molecule has 3 nitrogen and oxygen atoms in total. The van der Waals surface area contributed by atoms with Crippen LogP contribution in [0.4, 0.5) is 0 Å². The van der Waals surface area contributed by atoms with E-state index in [9.17, 15) is 0 Å². The lowest BCUT2D eigenvalue weighted by atomic mass is 10.0. The SMILES string of the molecule is Cc1nccnc1CC(N)c1ccccc1. The lowest BCUT2D eigenvalue weighted by Gasteiger charge is -2.12. The van der Waals surface area contributed by atoms with Gasteiger partial charge in [0.25, 0.3) is 0 Å². The van der Waals surface area contributed by atoms with Crippen LogP contribution in [-0.2, 0) is 6.42 Å². The average molecular weight is 213 g/mol. The summed E-state index contributed by atoms with van der Waals surface area (Å²) >= 11 is 0. The van der Waals surface area contributed by atoms with E-state index in [1.54, 1.807) is 12.4 Å². The molecule has 2 rings (SSSR count). The second-order valence-corrected chi connectivity index (χ2v) is 3.81. The molecule has 0 spiro atoms. The minimum absolute atomic E-state index is 0.0170. The zero-order valence-electron chi connectivity index (χ0n) is 9.30. The number of nitrogens with two attached hydrogens (primary N) is 1. The molecule has 0 bridgehead atoms. The summed E-state index contributed by atoms with van der Waals surface area (Å²) in [6, 6.07) is 10.0. The molecule has 1 atom stereocenters. The van der Waals surface area contributed by atoms with Gasteiger partial charge >= 0.3 is 0 Å². The van der Waals surface area contributed by atoms with Gasteiger partial charge in [0.05, 0.1) is 11.4 Å². The molecule has 2 aromatic rings. The van der Waals surface area contributed by atoms with Crippen LogP contribution in [0.3, 0.4) is 0 Å². The summed E-state index contributed by atoms with van der Waals surface area (Å²) in [5.41, 5.74) is 9.18. The Morgan fingerprint density at radius 3 is 2.50 bits per heavy atom. The number of hydrogen-bond donors (Lipinski definition) is 1. The van der Waals surface area contributed by atoms with E-state index in [4.69, 9.17) is 5.73 Å². The maximum atomic E-state index is 6.13. The summed E-state index contributed by atoms with van der Waals surface area (Å²) in [6.07, 6.45) is 4.14. The predicted octanol–water partition coefficient (Wildman–Crippen LogP) is 2.03. The number of rotatable bonds is 3. The quantitative estimate of drug-likeness (QED) is 0.848. The molecule has 0 aliphatic carbocycles. The van der Waals surface area contributed by atoms with E-state index in [2.05, 4.69) is 9.97 Å². The molecule has 0 saturated heterocycles. The van der Waals surface area contributed by atoms with Crippen molar-refractivity contribution in [1.29, 1.82) is 0 Å². The number of nitrogens with zero attached hydrogens (tertiary/aromatic N) is 2. The van der Waals surface area contributed by atoms with Crippen LogP contribution in [0.5, 0.6) is 0 Å². The van der Waals surface area contributed by atoms with Crippen molar-refractivity contribution < 1.29 is 0 Å². The molecule has 16 heavy (non-hydrogen) atoms. The third-order valence-corrected chi connectivity index (χ3v) is 2.62. The highest BCUT2D eigenvalue weighted by molar-refractivity contribution is 5.21. The van der Waals surface area contributed by atoms with Gasteiger partial charge in [-0.2, -0.15) is 0 Å². The Balaban J connectivity index is 2.14. The van der Waals surface area contributed by atoms with Crippen LogP contribution in [0.25, 0.3) is 0 Å². The van der Waals surface area contributed by atoms with Crippen molar-refractivity contribution in [2.45, 2.75) is 19.4 Å². The number of benzene rings is 1. The highest BCUT2D eigenvalue weighted by Gasteiger charge is 2.09. The Morgan fingerprint density at radius 1 is 1.12 bits per heavy atom. The molecule has 1 aromatic heterocycles. The predicted molar refractivity (Wildman–Crippen MR) is 63.8 cm³/mol. The summed E-state index contributed by atoms with van der Waals surface area (Å²) in [6.45, 7) is 1.96. The Bertz CT molecular complexity index is 454. The van der Waals surface area contributed by atoms with E-state index in [1.807, 2.05) is 37.3 Å². The first-order valence-electron chi connectivity index (χ1n) is 5.34. The molecular weight excluding hydrogens is 198 g/mol. The topological polar surface area (TPSA) is 51.8 Å². The summed E-state index contributed by atoms with van der Waals surface area (Å²) in [4.78, 5) is 8.51. The summed E-state index contributed by atoms with van der Waals surface area (Å²) in [5.74, 6) is 0. The molecule has 0 amide bonds. The normalized spacial score (nSPS) is 12.4. The van der Waals surface area contributed by atoms with E-state index in [0.29, 0.717) is 0 Å². The van der Waals surface area contributed by atoms with Crippen LogP contribution >= 0.6 is 0 Å². The molecule has 1 unspecified atom stereocenters. The molecule has 3 heteroatoms. The molecule has 1 heterocycles. The van der Waals surface area contributed by atoms with Gasteiger partial charge in [0.1, 0.15) is 0 Å². The largest absolute Gasteiger partial charge is 0.324 e. The zero-order chi connectivity index (χ0) is 11.4. The van der Waals surface area contributed by atoms with Crippen molar-refractivity contribution in [3.8, 4) is 0 Å². The number of aryl methyl sites for hydroxylation is 1. The maximum absolute atomic E-state index is 6.13. The molecule has 2 N–H and O–H groups in total. The van der Waals surface area contributed by atoms with Crippen LogP contribution in [0.2, 0.25) is 0 Å². The molecule has 0 aliphatic rings. The third kappa shape index (κ3) is 2.44. The van der Waals surface area contributed by atoms with Gasteiger partial charge in [0, 0.05) is 24.9 Å². The van der Waals surface area contributed by atoms with Crippen molar-refractivity contribution in [2.24, 2.45) is 5.73 Å². The molecule has 0 fully saturated rings. The monoisotopic (exact) mass is 213 g/mol. The van der Waals surface area contributed by atoms with Crippen LogP contribution in [0.15, 0.2) is 42.7 Å². The van der Waals surface area contributed by atoms with Crippen molar-refractivity contribution in [3.05, 3.63) is 59.7 Å². The molecular formula is C13H15N3. The van der Waals surface area contributed by atoms with Gasteiger partial charge in [-0.15, -0.1) is 0 Å². The first kappa shape index (κ1) is 10.8. The van der Waals surface area contributed by atoms with E-state index in [-0.39, 0.29) is 6.04 Å². The molecule has 0 radical (unpaired) electrons. The van der Waals surface area contributed by atoms with Gasteiger partial charge in [-0.1, -0.05) is 30.3 Å². The number of hydrogen-bond acceptors (Lipinski definition) is 3. The Hall–Kier alpha value is -1.74. The second-order valence-electron chi connectivity index (χ2n) is 3.81.